The van der Waals surface area contributed by atoms with Crippen molar-refractivity contribution < 1.29 is 34.2 Å². The predicted molar refractivity (Wildman–Crippen MR) is 115 cm³/mol. The van der Waals surface area contributed by atoms with Crippen LogP contribution >= 0.6 is 0 Å². The Hall–Kier alpha value is -3.31. The number of hydrazine groups is 1. The molecule has 10 nitrogen and oxygen atoms in total. The van der Waals surface area contributed by atoms with Crippen molar-refractivity contribution in [2.45, 2.75) is 6.42 Å². The van der Waals surface area contributed by atoms with E-state index in [1.165, 1.54) is 7.11 Å². The fraction of sp³-hybridized carbons (Fsp3) is 0.318. The van der Waals surface area contributed by atoms with Gasteiger partial charge in [0.1, 0.15) is 18.3 Å². The van der Waals surface area contributed by atoms with Crippen LogP contribution in [0.15, 0.2) is 48.5 Å². The number of nitrogens with one attached hydrogen (secondary N) is 1. The summed E-state index contributed by atoms with van der Waals surface area (Å²) >= 11 is 0. The molecule has 0 spiro atoms. The van der Waals surface area contributed by atoms with E-state index in [1.54, 1.807) is 36.4 Å². The van der Waals surface area contributed by atoms with Gasteiger partial charge in [0.05, 0.1) is 13.2 Å². The van der Waals surface area contributed by atoms with Crippen LogP contribution in [0.5, 0.6) is 5.75 Å². The van der Waals surface area contributed by atoms with Crippen LogP contribution < -0.4 is 15.9 Å². The number of carbonyl (C=O) groups excluding carboxylic acids is 3. The highest BCUT2D eigenvalue weighted by Crippen LogP contribution is 2.23. The summed E-state index contributed by atoms with van der Waals surface area (Å²) in [5.41, 5.74) is 2.05. The second-order valence-electron chi connectivity index (χ2n) is 6.82. The van der Waals surface area contributed by atoms with E-state index < -0.39 is 29.9 Å². The third-order valence-electron chi connectivity index (χ3n) is 4.59. The Kier molecular flexibility index (Phi) is 9.76. The zero-order valence-corrected chi connectivity index (χ0v) is 17.7. The number of amides is 2. The number of hydroxylamine groups is 1. The Morgan fingerprint density at radius 2 is 1.62 bits per heavy atom. The van der Waals surface area contributed by atoms with Crippen LogP contribution in [0.4, 0.5) is 0 Å². The molecule has 2 rings (SSSR count). The fourth-order valence-corrected chi connectivity index (χ4v) is 2.91. The average molecular weight is 445 g/mol. The highest BCUT2D eigenvalue weighted by molar-refractivity contribution is 6.06. The van der Waals surface area contributed by atoms with E-state index in [4.69, 9.17) is 20.4 Å². The summed E-state index contributed by atoms with van der Waals surface area (Å²) in [7, 11) is 1.46. The normalized spacial score (nSPS) is 11.5. The van der Waals surface area contributed by atoms with Crippen molar-refractivity contribution in [1.29, 1.82) is 0 Å². The number of ketones is 1. The summed E-state index contributed by atoms with van der Waals surface area (Å²) in [6.07, 6.45) is -0.456. The second kappa shape index (κ2) is 12.5. The first-order valence-corrected chi connectivity index (χ1v) is 9.89. The summed E-state index contributed by atoms with van der Waals surface area (Å²) < 4.78 is 10.2. The molecule has 0 saturated carbocycles. The molecule has 10 heteroatoms. The lowest BCUT2D eigenvalue weighted by atomic mass is 9.95. The number of nitrogens with zero attached hydrogens (tertiary/aromatic N) is 1. The molecule has 0 aliphatic carbocycles. The number of nitrogens with two attached hydrogens (primary N) is 1. The Morgan fingerprint density at radius 3 is 2.16 bits per heavy atom. The van der Waals surface area contributed by atoms with Crippen molar-refractivity contribution in [3.63, 3.8) is 0 Å². The first kappa shape index (κ1) is 25.0. The van der Waals surface area contributed by atoms with E-state index in [0.717, 1.165) is 11.1 Å². The van der Waals surface area contributed by atoms with Crippen molar-refractivity contribution in [3.8, 4) is 16.9 Å². The molecule has 2 aromatic rings. The summed E-state index contributed by atoms with van der Waals surface area (Å²) in [6.45, 7) is 0.506. The van der Waals surface area contributed by atoms with Crippen molar-refractivity contribution in [2.24, 2.45) is 11.8 Å². The van der Waals surface area contributed by atoms with E-state index in [9.17, 15) is 19.6 Å². The first-order valence-electron chi connectivity index (χ1n) is 9.89. The first-order chi connectivity index (χ1) is 15.4. The lowest BCUT2D eigenvalue weighted by Gasteiger charge is -2.18. The Labute approximate surface area is 185 Å². The molecule has 32 heavy (non-hydrogen) atoms. The summed E-state index contributed by atoms with van der Waals surface area (Å²) in [4.78, 5) is 37.1. The van der Waals surface area contributed by atoms with Gasteiger partial charge in [-0.1, -0.05) is 36.4 Å². The van der Waals surface area contributed by atoms with Crippen LogP contribution in [0, 0.1) is 5.92 Å². The smallest absolute Gasteiger partial charge is 0.273 e. The summed E-state index contributed by atoms with van der Waals surface area (Å²) in [6, 6.07) is 13.9. The molecule has 2 aromatic carbocycles. The molecule has 1 unspecified atom stereocenters. The Balaban J connectivity index is 2.08. The van der Waals surface area contributed by atoms with Crippen LogP contribution in [0.1, 0.15) is 16.8 Å². The maximum atomic E-state index is 12.7. The maximum absolute atomic E-state index is 12.7. The quantitative estimate of drug-likeness (QED) is 0.0711. The van der Waals surface area contributed by atoms with E-state index in [2.05, 4.69) is 5.32 Å². The molecule has 172 valence electrons. The molecule has 2 amide bonds. The third kappa shape index (κ3) is 7.13. The third-order valence-corrected chi connectivity index (χ3v) is 4.59. The predicted octanol–water partition coefficient (Wildman–Crippen LogP) is 0.768. The van der Waals surface area contributed by atoms with Crippen LogP contribution in [0.25, 0.3) is 11.1 Å². The van der Waals surface area contributed by atoms with Gasteiger partial charge in [-0.15, -0.1) is 0 Å². The highest BCUT2D eigenvalue weighted by atomic mass is 16.5. The Morgan fingerprint density at radius 1 is 1.03 bits per heavy atom. The van der Waals surface area contributed by atoms with Gasteiger partial charge in [0.2, 0.25) is 5.91 Å². The second-order valence-corrected chi connectivity index (χ2v) is 6.82. The maximum Gasteiger partial charge on any atom is 0.273 e. The number of aliphatic hydroxyl groups excluding tert-OH is 1. The van der Waals surface area contributed by atoms with Gasteiger partial charge >= 0.3 is 0 Å². The van der Waals surface area contributed by atoms with Gasteiger partial charge in [-0.3, -0.25) is 19.6 Å². The standard InChI is InChI=1S/C22H27N3O7/c1-31-12-10-24-21(28)19(22(29)25(23)30)14-20(27)17-4-2-15(3-5-17)16-6-8-18(9-7-16)32-13-11-26/h2-9,19,26,30H,10-14,23H2,1H3,(H,24,28). The van der Waals surface area contributed by atoms with E-state index >= 15 is 0 Å². The lowest BCUT2D eigenvalue weighted by molar-refractivity contribution is -0.173. The number of methoxy groups -OCH3 is 1. The molecule has 0 saturated heterocycles. The minimum Gasteiger partial charge on any atom is -0.491 e. The number of Topliss-reactive ketones (excluding diaryl/α,β-unsaturated/α-hetero) is 1. The minimum absolute atomic E-state index is 0.0693. The average Bonchev–Trinajstić information content (AvgIpc) is 2.81. The van der Waals surface area contributed by atoms with Gasteiger partial charge in [0.15, 0.2) is 5.78 Å². The molecule has 1 atom stereocenters. The monoisotopic (exact) mass is 445 g/mol. The van der Waals surface area contributed by atoms with Gasteiger partial charge in [-0.05, 0) is 23.3 Å². The molecular weight excluding hydrogens is 418 g/mol. The lowest BCUT2D eigenvalue weighted by Crippen LogP contribution is -2.46. The molecule has 0 fully saturated rings. The van der Waals surface area contributed by atoms with E-state index in [-0.39, 0.29) is 31.5 Å². The number of aliphatic hydroxyl groups is 1. The van der Waals surface area contributed by atoms with E-state index in [1.807, 2.05) is 12.1 Å². The Bertz CT molecular complexity index is 899. The van der Waals surface area contributed by atoms with Crippen LogP contribution in [-0.4, -0.2) is 66.6 Å². The van der Waals surface area contributed by atoms with Crippen LogP contribution in [0.3, 0.4) is 0 Å². The molecule has 0 aromatic heterocycles. The molecular formula is C22H27N3O7. The summed E-state index contributed by atoms with van der Waals surface area (Å²) in [5.74, 6) is 1.95. The highest BCUT2D eigenvalue weighted by Gasteiger charge is 2.32. The van der Waals surface area contributed by atoms with Crippen LogP contribution in [-0.2, 0) is 14.3 Å². The molecule has 5 N–H and O–H groups in total. The number of benzene rings is 2. The van der Waals surface area contributed by atoms with Gasteiger partial charge in [0.25, 0.3) is 5.91 Å². The number of hydrogen-bond donors (Lipinski definition) is 4. The van der Waals surface area contributed by atoms with E-state index in [0.29, 0.717) is 11.3 Å². The zero-order chi connectivity index (χ0) is 23.5. The molecule has 0 bridgehead atoms. The van der Waals surface area contributed by atoms with Gasteiger partial charge in [-0.2, -0.15) is 5.17 Å². The van der Waals surface area contributed by atoms with Crippen molar-refractivity contribution in [1.82, 2.24) is 10.5 Å². The van der Waals surface area contributed by atoms with Gasteiger partial charge in [0, 0.05) is 25.6 Å². The zero-order valence-electron chi connectivity index (χ0n) is 17.7. The number of hydrogen-bond acceptors (Lipinski definition) is 8. The van der Waals surface area contributed by atoms with Gasteiger partial charge in [-0.25, -0.2) is 5.84 Å². The minimum atomic E-state index is -1.47. The number of rotatable bonds is 12. The topological polar surface area (TPSA) is 151 Å². The van der Waals surface area contributed by atoms with Crippen molar-refractivity contribution in [2.75, 3.05) is 33.5 Å². The van der Waals surface area contributed by atoms with Crippen molar-refractivity contribution in [3.05, 3.63) is 54.1 Å². The molecule has 0 radical (unpaired) electrons. The summed E-state index contributed by atoms with van der Waals surface area (Å²) in [5, 5.41) is 20.3. The molecule has 0 aliphatic rings. The number of ether oxygens (including phenoxy) is 2. The molecule has 0 heterocycles. The SMILES string of the molecule is COCCNC(=O)C(CC(=O)c1ccc(-c2ccc(OCCO)cc2)cc1)C(=O)N(N)O. The van der Waals surface area contributed by atoms with Gasteiger partial charge < -0.3 is 19.9 Å². The van der Waals surface area contributed by atoms with Crippen LogP contribution in [0.2, 0.25) is 0 Å². The fourth-order valence-electron chi connectivity index (χ4n) is 2.91. The number of carbonyl (C=O) groups is 3. The van der Waals surface area contributed by atoms with Crippen molar-refractivity contribution >= 4 is 17.6 Å². The molecule has 0 aliphatic heterocycles. The largest absolute Gasteiger partial charge is 0.491 e.